The third kappa shape index (κ3) is 3.20. The molecule has 8 heteroatoms. The number of anilines is 1. The van der Waals surface area contributed by atoms with Crippen molar-refractivity contribution in [3.05, 3.63) is 53.8 Å². The number of hydrogen-bond donors (Lipinski definition) is 1. The predicted octanol–water partition coefficient (Wildman–Crippen LogP) is 4.13. The van der Waals surface area contributed by atoms with Gasteiger partial charge >= 0.3 is 0 Å². The smallest absolute Gasteiger partial charge is 0.265 e. The van der Waals surface area contributed by atoms with Crippen LogP contribution in [0, 0.1) is 5.82 Å². The zero-order valence-corrected chi connectivity index (χ0v) is 14.7. The summed E-state index contributed by atoms with van der Waals surface area (Å²) in [5, 5.41) is 6.25. The van der Waals surface area contributed by atoms with E-state index in [0.29, 0.717) is 5.69 Å². The SMILES string of the molecule is CC(C)n1cc(S(=O)(=O)Nc2ccccc2F)c(-c2cccs2)n1. The summed E-state index contributed by atoms with van der Waals surface area (Å²) in [6, 6.07) is 9.29. The van der Waals surface area contributed by atoms with Crippen molar-refractivity contribution in [1.29, 1.82) is 0 Å². The van der Waals surface area contributed by atoms with E-state index in [2.05, 4.69) is 9.82 Å². The molecule has 0 fully saturated rings. The maximum absolute atomic E-state index is 13.8. The highest BCUT2D eigenvalue weighted by molar-refractivity contribution is 7.92. The molecule has 3 aromatic rings. The van der Waals surface area contributed by atoms with Crippen LogP contribution in [0.3, 0.4) is 0 Å². The molecule has 2 heterocycles. The Balaban J connectivity index is 2.09. The molecule has 1 aromatic carbocycles. The summed E-state index contributed by atoms with van der Waals surface area (Å²) in [4.78, 5) is 0.769. The molecule has 0 aliphatic heterocycles. The molecular formula is C16H16FN3O2S2. The highest BCUT2D eigenvalue weighted by Crippen LogP contribution is 2.31. The van der Waals surface area contributed by atoms with Crippen LogP contribution in [0.25, 0.3) is 10.6 Å². The third-order valence-electron chi connectivity index (χ3n) is 3.39. The Kier molecular flexibility index (Phi) is 4.42. The van der Waals surface area contributed by atoms with Crippen molar-refractivity contribution in [2.45, 2.75) is 24.8 Å². The number of nitrogens with zero attached hydrogens (tertiary/aromatic N) is 2. The van der Waals surface area contributed by atoms with E-state index in [0.717, 1.165) is 4.88 Å². The number of nitrogens with one attached hydrogen (secondary N) is 1. The van der Waals surface area contributed by atoms with Gasteiger partial charge in [-0.25, -0.2) is 12.8 Å². The van der Waals surface area contributed by atoms with Crippen LogP contribution in [0.15, 0.2) is 52.9 Å². The van der Waals surface area contributed by atoms with Gasteiger partial charge < -0.3 is 0 Å². The maximum Gasteiger partial charge on any atom is 0.265 e. The lowest BCUT2D eigenvalue weighted by Crippen LogP contribution is -2.14. The first-order valence-electron chi connectivity index (χ1n) is 7.29. The molecule has 0 aliphatic rings. The van der Waals surface area contributed by atoms with Gasteiger partial charge in [0.15, 0.2) is 0 Å². The summed E-state index contributed by atoms with van der Waals surface area (Å²) in [6.07, 6.45) is 1.48. The summed E-state index contributed by atoms with van der Waals surface area (Å²) >= 11 is 1.40. The molecule has 0 bridgehead atoms. The van der Waals surface area contributed by atoms with Gasteiger partial charge in [-0.15, -0.1) is 11.3 Å². The molecule has 24 heavy (non-hydrogen) atoms. The second kappa shape index (κ2) is 6.37. The van der Waals surface area contributed by atoms with Crippen molar-refractivity contribution < 1.29 is 12.8 Å². The van der Waals surface area contributed by atoms with E-state index >= 15 is 0 Å². The molecule has 0 saturated heterocycles. The number of sulfonamides is 1. The first-order valence-corrected chi connectivity index (χ1v) is 9.65. The summed E-state index contributed by atoms with van der Waals surface area (Å²) in [5.74, 6) is -0.630. The Hall–Kier alpha value is -2.19. The second-order valence-corrected chi connectivity index (χ2v) is 8.08. The lowest BCUT2D eigenvalue weighted by Gasteiger charge is -2.08. The highest BCUT2D eigenvalue weighted by atomic mass is 32.2. The minimum absolute atomic E-state index is 0.00104. The molecule has 0 spiro atoms. The summed E-state index contributed by atoms with van der Waals surface area (Å²) in [7, 11) is -3.97. The van der Waals surface area contributed by atoms with Crippen molar-refractivity contribution in [3.63, 3.8) is 0 Å². The van der Waals surface area contributed by atoms with Crippen molar-refractivity contribution in [2.75, 3.05) is 4.72 Å². The fourth-order valence-electron chi connectivity index (χ4n) is 2.16. The van der Waals surface area contributed by atoms with E-state index in [4.69, 9.17) is 0 Å². The number of aromatic nitrogens is 2. The van der Waals surface area contributed by atoms with Crippen molar-refractivity contribution in [1.82, 2.24) is 9.78 Å². The van der Waals surface area contributed by atoms with Gasteiger partial charge in [0.2, 0.25) is 0 Å². The molecule has 126 valence electrons. The number of para-hydroxylation sites is 1. The van der Waals surface area contributed by atoms with Crippen molar-refractivity contribution >= 4 is 27.0 Å². The molecule has 0 unspecified atom stereocenters. The maximum atomic E-state index is 13.8. The topological polar surface area (TPSA) is 64.0 Å². The zero-order valence-electron chi connectivity index (χ0n) is 13.1. The van der Waals surface area contributed by atoms with Gasteiger partial charge in [0.05, 0.1) is 10.6 Å². The van der Waals surface area contributed by atoms with Crippen LogP contribution in [-0.2, 0) is 10.0 Å². The molecule has 2 aromatic heterocycles. The zero-order chi connectivity index (χ0) is 17.3. The van der Waals surface area contributed by atoms with Crippen molar-refractivity contribution in [2.24, 2.45) is 0 Å². The van der Waals surface area contributed by atoms with Crippen LogP contribution in [0.2, 0.25) is 0 Å². The van der Waals surface area contributed by atoms with Gasteiger partial charge in [-0.2, -0.15) is 5.10 Å². The number of benzene rings is 1. The Labute approximate surface area is 143 Å². The Morgan fingerprint density at radius 2 is 1.96 bits per heavy atom. The Morgan fingerprint density at radius 1 is 1.21 bits per heavy atom. The predicted molar refractivity (Wildman–Crippen MR) is 93.1 cm³/mol. The number of hydrogen-bond acceptors (Lipinski definition) is 4. The van der Waals surface area contributed by atoms with E-state index in [1.807, 2.05) is 25.3 Å². The van der Waals surface area contributed by atoms with Crippen LogP contribution in [0.4, 0.5) is 10.1 Å². The number of halogens is 1. The number of rotatable bonds is 5. The second-order valence-electron chi connectivity index (χ2n) is 5.48. The standard InChI is InChI=1S/C16H16FN3O2S2/c1-11(2)20-10-15(16(18-20)14-8-5-9-23-14)24(21,22)19-13-7-4-3-6-12(13)17/h3-11,19H,1-2H3. The summed E-state index contributed by atoms with van der Waals surface area (Å²) < 4.78 is 43.3. The van der Waals surface area contributed by atoms with Crippen LogP contribution in [-0.4, -0.2) is 18.2 Å². The normalized spacial score (nSPS) is 11.8. The van der Waals surface area contributed by atoms with E-state index in [1.165, 1.54) is 35.7 Å². The molecular weight excluding hydrogens is 349 g/mol. The monoisotopic (exact) mass is 365 g/mol. The first kappa shape index (κ1) is 16.7. The minimum Gasteiger partial charge on any atom is -0.277 e. The Morgan fingerprint density at radius 3 is 2.58 bits per heavy atom. The first-order chi connectivity index (χ1) is 11.4. The van der Waals surface area contributed by atoms with Crippen LogP contribution < -0.4 is 4.72 Å². The van der Waals surface area contributed by atoms with E-state index in [9.17, 15) is 12.8 Å². The lowest BCUT2D eigenvalue weighted by atomic mass is 10.3. The van der Waals surface area contributed by atoms with E-state index in [-0.39, 0.29) is 16.6 Å². The molecule has 1 N–H and O–H groups in total. The molecule has 0 radical (unpaired) electrons. The van der Waals surface area contributed by atoms with Gasteiger partial charge in [0.25, 0.3) is 10.0 Å². The largest absolute Gasteiger partial charge is 0.277 e. The molecule has 0 saturated carbocycles. The molecule has 5 nitrogen and oxygen atoms in total. The molecule has 0 amide bonds. The van der Waals surface area contributed by atoms with Gasteiger partial charge in [0, 0.05) is 12.2 Å². The van der Waals surface area contributed by atoms with Crippen LogP contribution in [0.1, 0.15) is 19.9 Å². The fraction of sp³-hybridized carbons (Fsp3) is 0.188. The van der Waals surface area contributed by atoms with Gasteiger partial charge in [-0.1, -0.05) is 18.2 Å². The van der Waals surface area contributed by atoms with E-state index < -0.39 is 15.8 Å². The van der Waals surface area contributed by atoms with Crippen LogP contribution >= 0.6 is 11.3 Å². The van der Waals surface area contributed by atoms with Gasteiger partial charge in [-0.3, -0.25) is 9.40 Å². The number of thiophene rings is 1. The Bertz CT molecular complexity index is 948. The summed E-state index contributed by atoms with van der Waals surface area (Å²) in [6.45, 7) is 3.82. The molecule has 0 aliphatic carbocycles. The summed E-state index contributed by atoms with van der Waals surface area (Å²) in [5.41, 5.74) is 0.273. The highest BCUT2D eigenvalue weighted by Gasteiger charge is 2.25. The fourth-order valence-corrected chi connectivity index (χ4v) is 4.17. The van der Waals surface area contributed by atoms with Gasteiger partial charge in [-0.05, 0) is 37.4 Å². The van der Waals surface area contributed by atoms with E-state index in [1.54, 1.807) is 16.8 Å². The van der Waals surface area contributed by atoms with Crippen molar-refractivity contribution in [3.8, 4) is 10.6 Å². The van der Waals surface area contributed by atoms with Crippen LogP contribution in [0.5, 0.6) is 0 Å². The molecule has 0 atom stereocenters. The quantitative estimate of drug-likeness (QED) is 0.739. The molecule has 3 rings (SSSR count). The third-order valence-corrected chi connectivity index (χ3v) is 5.63. The minimum atomic E-state index is -3.97. The average molecular weight is 365 g/mol. The average Bonchev–Trinajstić information content (AvgIpc) is 3.18. The van der Waals surface area contributed by atoms with Gasteiger partial charge in [0.1, 0.15) is 16.4 Å². The lowest BCUT2D eigenvalue weighted by molar-refractivity contribution is 0.532.